The minimum atomic E-state index is -0.742. The molecule has 10 heteroatoms. The standard InChI is InChI=1S/C28H22N4O5S/c1-17-24(26(33)30-20-8-4-3-5-9-20)25(19-11-13-22(37-2)14-12-19)31-27(34)23(38-28(31)29-17)16-18-7-6-10-21(15-18)32(35)36/h3-16,25H,1-2H3,(H,30,33)/b23-16+/t25-/m1/s1. The number of aromatic nitrogens is 1. The zero-order valence-corrected chi connectivity index (χ0v) is 21.3. The lowest BCUT2D eigenvalue weighted by Gasteiger charge is -2.25. The molecule has 0 fully saturated rings. The average molecular weight is 527 g/mol. The maximum atomic E-state index is 13.7. The van der Waals surface area contributed by atoms with Gasteiger partial charge in [0.1, 0.15) is 5.75 Å². The molecule has 4 aromatic rings. The van der Waals surface area contributed by atoms with Crippen LogP contribution >= 0.6 is 11.3 Å². The number of para-hydroxylation sites is 1. The van der Waals surface area contributed by atoms with Gasteiger partial charge in [0.25, 0.3) is 17.2 Å². The zero-order chi connectivity index (χ0) is 26.8. The first-order chi connectivity index (χ1) is 18.4. The number of nitro groups is 1. The Kier molecular flexibility index (Phi) is 6.71. The summed E-state index contributed by atoms with van der Waals surface area (Å²) in [6, 6.07) is 21.6. The summed E-state index contributed by atoms with van der Waals surface area (Å²) >= 11 is 1.17. The molecule has 1 N–H and O–H groups in total. The number of amides is 1. The van der Waals surface area contributed by atoms with Gasteiger partial charge in [0.05, 0.1) is 33.9 Å². The molecule has 1 atom stereocenters. The van der Waals surface area contributed by atoms with E-state index in [0.29, 0.717) is 43.2 Å². The minimum absolute atomic E-state index is 0.0710. The van der Waals surface area contributed by atoms with Gasteiger partial charge in [-0.2, -0.15) is 0 Å². The fourth-order valence-electron chi connectivity index (χ4n) is 4.31. The molecule has 0 aliphatic carbocycles. The molecule has 1 aromatic heterocycles. The van der Waals surface area contributed by atoms with Crippen molar-refractivity contribution in [1.29, 1.82) is 0 Å². The lowest BCUT2D eigenvalue weighted by atomic mass is 9.95. The first kappa shape index (κ1) is 24.8. The highest BCUT2D eigenvalue weighted by Crippen LogP contribution is 2.31. The highest BCUT2D eigenvalue weighted by Gasteiger charge is 2.32. The number of nitrogens with zero attached hydrogens (tertiary/aromatic N) is 3. The second kappa shape index (κ2) is 10.3. The molecule has 38 heavy (non-hydrogen) atoms. The van der Waals surface area contributed by atoms with E-state index in [9.17, 15) is 19.7 Å². The van der Waals surface area contributed by atoms with Crippen LogP contribution in [0.25, 0.3) is 6.08 Å². The van der Waals surface area contributed by atoms with Crippen molar-refractivity contribution in [3.63, 3.8) is 0 Å². The van der Waals surface area contributed by atoms with Gasteiger partial charge in [0.2, 0.25) is 0 Å². The lowest BCUT2D eigenvalue weighted by molar-refractivity contribution is -0.384. The number of anilines is 1. The SMILES string of the molecule is COc1ccc([C@@H]2C(C(=O)Nc3ccccc3)=C(C)N=c3s/c(=C/c4cccc([N+](=O)[O-])c4)c(=O)n32)cc1. The summed E-state index contributed by atoms with van der Waals surface area (Å²) in [5.41, 5.74) is 2.26. The third-order valence-electron chi connectivity index (χ3n) is 6.11. The molecule has 0 saturated heterocycles. The molecule has 3 aromatic carbocycles. The number of benzene rings is 3. The Labute approximate surface area is 220 Å². The highest BCUT2D eigenvalue weighted by atomic mass is 32.1. The molecular formula is C28H22N4O5S. The number of nitro benzene ring substituents is 1. The number of allylic oxidation sites excluding steroid dienone is 1. The van der Waals surface area contributed by atoms with E-state index in [4.69, 9.17) is 4.74 Å². The molecule has 0 bridgehead atoms. The number of carbonyl (C=O) groups is 1. The zero-order valence-electron chi connectivity index (χ0n) is 20.5. The predicted octanol–water partition coefficient (Wildman–Crippen LogP) is 3.79. The number of ether oxygens (including phenoxy) is 1. The summed E-state index contributed by atoms with van der Waals surface area (Å²) in [5, 5.41) is 14.1. The fourth-order valence-corrected chi connectivity index (χ4v) is 5.36. The Bertz CT molecular complexity index is 1760. The van der Waals surface area contributed by atoms with Crippen molar-refractivity contribution >= 4 is 34.7 Å². The molecular weight excluding hydrogens is 504 g/mol. The van der Waals surface area contributed by atoms with Gasteiger partial charge in [-0.25, -0.2) is 4.99 Å². The first-order valence-electron chi connectivity index (χ1n) is 11.6. The van der Waals surface area contributed by atoms with Crippen molar-refractivity contribution < 1.29 is 14.5 Å². The predicted molar refractivity (Wildman–Crippen MR) is 145 cm³/mol. The van der Waals surface area contributed by atoms with E-state index in [0.717, 1.165) is 0 Å². The van der Waals surface area contributed by atoms with Crippen LogP contribution in [0.1, 0.15) is 24.1 Å². The van der Waals surface area contributed by atoms with Crippen LogP contribution in [-0.2, 0) is 4.79 Å². The number of hydrogen-bond acceptors (Lipinski definition) is 7. The molecule has 1 aliphatic heterocycles. The smallest absolute Gasteiger partial charge is 0.271 e. The largest absolute Gasteiger partial charge is 0.497 e. The van der Waals surface area contributed by atoms with Crippen molar-refractivity contribution in [1.82, 2.24) is 4.57 Å². The molecule has 5 rings (SSSR count). The van der Waals surface area contributed by atoms with E-state index in [1.54, 1.807) is 56.5 Å². The highest BCUT2D eigenvalue weighted by molar-refractivity contribution is 7.07. The molecule has 0 unspecified atom stereocenters. The number of non-ortho nitro benzene ring substituents is 1. The summed E-state index contributed by atoms with van der Waals surface area (Å²) < 4.78 is 7.14. The Morgan fingerprint density at radius 2 is 1.84 bits per heavy atom. The molecule has 190 valence electrons. The van der Waals surface area contributed by atoms with Gasteiger partial charge in [-0.1, -0.05) is 53.8 Å². The third kappa shape index (κ3) is 4.76. The second-order valence-corrected chi connectivity index (χ2v) is 9.54. The molecule has 9 nitrogen and oxygen atoms in total. The van der Waals surface area contributed by atoms with Crippen LogP contribution in [-0.4, -0.2) is 22.5 Å². The van der Waals surface area contributed by atoms with E-state index in [2.05, 4.69) is 10.3 Å². The van der Waals surface area contributed by atoms with Gasteiger partial charge in [0.15, 0.2) is 4.80 Å². The Morgan fingerprint density at radius 1 is 1.11 bits per heavy atom. The van der Waals surface area contributed by atoms with Crippen molar-refractivity contribution in [2.45, 2.75) is 13.0 Å². The molecule has 0 saturated carbocycles. The molecule has 2 heterocycles. The quantitative estimate of drug-likeness (QED) is 0.303. The molecule has 1 amide bonds. The van der Waals surface area contributed by atoms with Crippen LogP contribution in [0, 0.1) is 10.1 Å². The summed E-state index contributed by atoms with van der Waals surface area (Å²) in [6.07, 6.45) is 1.60. The number of rotatable bonds is 6. The number of hydrogen-bond donors (Lipinski definition) is 1. The summed E-state index contributed by atoms with van der Waals surface area (Å²) in [4.78, 5) is 43.1. The monoisotopic (exact) mass is 526 g/mol. The lowest BCUT2D eigenvalue weighted by Crippen LogP contribution is -2.40. The van der Waals surface area contributed by atoms with Crippen LogP contribution in [0.5, 0.6) is 5.75 Å². The Hall–Kier alpha value is -4.83. The van der Waals surface area contributed by atoms with Crippen LogP contribution < -0.4 is 24.9 Å². The topological polar surface area (TPSA) is 116 Å². The van der Waals surface area contributed by atoms with Gasteiger partial charge in [-0.05, 0) is 48.4 Å². The normalized spacial score (nSPS) is 15.0. The number of methoxy groups -OCH3 is 1. The fraction of sp³-hybridized carbons (Fsp3) is 0.107. The van der Waals surface area contributed by atoms with Crippen molar-refractivity contribution in [3.05, 3.63) is 131 Å². The minimum Gasteiger partial charge on any atom is -0.497 e. The van der Waals surface area contributed by atoms with E-state index in [-0.39, 0.29) is 17.2 Å². The number of carbonyl (C=O) groups excluding carboxylic acids is 1. The maximum Gasteiger partial charge on any atom is 0.271 e. The molecule has 1 aliphatic rings. The van der Waals surface area contributed by atoms with E-state index < -0.39 is 11.0 Å². The van der Waals surface area contributed by atoms with E-state index in [1.807, 2.05) is 30.3 Å². The van der Waals surface area contributed by atoms with E-state index in [1.165, 1.54) is 28.0 Å². The Balaban J connectivity index is 1.67. The average Bonchev–Trinajstić information content (AvgIpc) is 3.22. The van der Waals surface area contributed by atoms with Crippen LogP contribution in [0.4, 0.5) is 11.4 Å². The van der Waals surface area contributed by atoms with Crippen molar-refractivity contribution in [2.75, 3.05) is 12.4 Å². The second-order valence-electron chi connectivity index (χ2n) is 8.53. The number of fused-ring (bicyclic) bond motifs is 1. The van der Waals surface area contributed by atoms with Gasteiger partial charge in [-0.3, -0.25) is 24.3 Å². The summed E-state index contributed by atoms with van der Waals surface area (Å²) in [6.45, 7) is 1.74. The van der Waals surface area contributed by atoms with Crippen LogP contribution in [0.15, 0.2) is 99.9 Å². The van der Waals surface area contributed by atoms with E-state index >= 15 is 0 Å². The summed E-state index contributed by atoms with van der Waals surface area (Å²) in [5.74, 6) is 0.272. The van der Waals surface area contributed by atoms with Gasteiger partial charge >= 0.3 is 0 Å². The summed E-state index contributed by atoms with van der Waals surface area (Å²) in [7, 11) is 1.56. The maximum absolute atomic E-state index is 13.7. The molecule has 0 spiro atoms. The van der Waals surface area contributed by atoms with Gasteiger partial charge in [0, 0.05) is 17.8 Å². The van der Waals surface area contributed by atoms with Gasteiger partial charge in [-0.15, -0.1) is 0 Å². The number of nitrogens with one attached hydrogen (secondary N) is 1. The van der Waals surface area contributed by atoms with Crippen molar-refractivity contribution in [2.24, 2.45) is 4.99 Å². The third-order valence-corrected chi connectivity index (χ3v) is 7.09. The van der Waals surface area contributed by atoms with Gasteiger partial charge < -0.3 is 10.1 Å². The van der Waals surface area contributed by atoms with Crippen LogP contribution in [0.2, 0.25) is 0 Å². The van der Waals surface area contributed by atoms with Crippen LogP contribution in [0.3, 0.4) is 0 Å². The first-order valence-corrected chi connectivity index (χ1v) is 12.4. The Morgan fingerprint density at radius 3 is 2.53 bits per heavy atom. The number of thiazole rings is 1. The molecule has 0 radical (unpaired) electrons. The van der Waals surface area contributed by atoms with Crippen molar-refractivity contribution in [3.8, 4) is 5.75 Å².